The number of anilines is 1. The molecule has 0 radical (unpaired) electrons. The first-order chi connectivity index (χ1) is 12.1. The van der Waals surface area contributed by atoms with E-state index in [1.165, 1.54) is 6.33 Å². The number of aromatic amines is 1. The number of carbonyl (C=O) groups excluding carboxylic acids is 1. The molecule has 0 saturated carbocycles. The summed E-state index contributed by atoms with van der Waals surface area (Å²) in [6.07, 6.45) is 1.85. The minimum atomic E-state index is -0.427. The van der Waals surface area contributed by atoms with Crippen LogP contribution in [-0.2, 0) is 0 Å². The Morgan fingerprint density at radius 3 is 2.92 bits per heavy atom. The number of amides is 1. The average Bonchev–Trinajstić information content (AvgIpc) is 3.20. The van der Waals surface area contributed by atoms with E-state index in [-0.39, 0.29) is 16.7 Å². The fourth-order valence-corrected chi connectivity index (χ4v) is 2.85. The van der Waals surface area contributed by atoms with Crippen molar-refractivity contribution in [3.05, 3.63) is 58.3 Å². The highest BCUT2D eigenvalue weighted by Crippen LogP contribution is 2.21. The Balaban J connectivity index is 1.61. The predicted molar refractivity (Wildman–Crippen MR) is 92.7 cm³/mol. The zero-order valence-electron chi connectivity index (χ0n) is 13.4. The van der Waals surface area contributed by atoms with Crippen LogP contribution in [0.25, 0.3) is 11.1 Å². The zero-order valence-corrected chi connectivity index (χ0v) is 13.4. The molecule has 0 spiro atoms. The van der Waals surface area contributed by atoms with Crippen LogP contribution in [0.1, 0.15) is 22.5 Å². The van der Waals surface area contributed by atoms with Crippen LogP contribution in [0.15, 0.2) is 51.0 Å². The SMILES string of the molecule is Cc1oc2nc[nH]c(=O)c2c1C(=O)NC1=NN(c2ccccc2)CC1. The minimum absolute atomic E-state index is 0.144. The van der Waals surface area contributed by atoms with E-state index < -0.39 is 11.5 Å². The largest absolute Gasteiger partial charge is 0.442 e. The molecule has 25 heavy (non-hydrogen) atoms. The van der Waals surface area contributed by atoms with E-state index in [1.54, 1.807) is 6.92 Å². The van der Waals surface area contributed by atoms with Crippen molar-refractivity contribution in [2.45, 2.75) is 13.3 Å². The summed E-state index contributed by atoms with van der Waals surface area (Å²) in [6, 6.07) is 9.70. The quantitative estimate of drug-likeness (QED) is 0.742. The fraction of sp³-hybridized carbons (Fsp3) is 0.176. The molecule has 0 atom stereocenters. The van der Waals surface area contributed by atoms with Crippen LogP contribution in [0.4, 0.5) is 5.69 Å². The van der Waals surface area contributed by atoms with Gasteiger partial charge in [-0.3, -0.25) is 14.6 Å². The Morgan fingerprint density at radius 2 is 2.12 bits per heavy atom. The van der Waals surface area contributed by atoms with Gasteiger partial charge in [-0.1, -0.05) is 18.2 Å². The molecule has 1 aromatic carbocycles. The normalized spacial score (nSPS) is 14.0. The van der Waals surface area contributed by atoms with Gasteiger partial charge in [-0.05, 0) is 19.1 Å². The molecular weight excluding hydrogens is 322 g/mol. The van der Waals surface area contributed by atoms with Crippen molar-refractivity contribution in [2.24, 2.45) is 5.10 Å². The van der Waals surface area contributed by atoms with Crippen LogP contribution in [0.5, 0.6) is 0 Å². The third-order valence-corrected chi connectivity index (χ3v) is 4.01. The maximum atomic E-state index is 12.6. The molecule has 3 aromatic rings. The Morgan fingerprint density at radius 1 is 1.32 bits per heavy atom. The molecule has 8 nitrogen and oxygen atoms in total. The smallest absolute Gasteiger partial charge is 0.262 e. The van der Waals surface area contributed by atoms with Gasteiger partial charge in [0, 0.05) is 13.0 Å². The first-order valence-corrected chi connectivity index (χ1v) is 7.81. The van der Waals surface area contributed by atoms with Gasteiger partial charge in [-0.2, -0.15) is 5.10 Å². The third kappa shape index (κ3) is 2.67. The molecule has 2 aromatic heterocycles. The van der Waals surface area contributed by atoms with E-state index in [0.717, 1.165) is 5.69 Å². The van der Waals surface area contributed by atoms with Crippen LogP contribution >= 0.6 is 0 Å². The van der Waals surface area contributed by atoms with Crippen LogP contribution in [0, 0.1) is 6.92 Å². The fourth-order valence-electron chi connectivity index (χ4n) is 2.85. The first-order valence-electron chi connectivity index (χ1n) is 7.81. The van der Waals surface area contributed by atoms with Crippen LogP contribution < -0.4 is 15.9 Å². The molecular formula is C17H15N5O3. The lowest BCUT2D eigenvalue weighted by atomic mass is 10.2. The van der Waals surface area contributed by atoms with Gasteiger partial charge >= 0.3 is 0 Å². The summed E-state index contributed by atoms with van der Waals surface area (Å²) in [6.45, 7) is 2.30. The number of nitrogens with one attached hydrogen (secondary N) is 2. The number of aromatic nitrogens is 2. The number of rotatable bonds is 2. The van der Waals surface area contributed by atoms with Crippen molar-refractivity contribution in [3.63, 3.8) is 0 Å². The second-order valence-electron chi connectivity index (χ2n) is 5.65. The number of aryl methyl sites for hydroxylation is 1. The molecule has 0 saturated heterocycles. The van der Waals surface area contributed by atoms with Gasteiger partial charge in [-0.25, -0.2) is 4.98 Å². The van der Waals surface area contributed by atoms with Crippen molar-refractivity contribution in [1.82, 2.24) is 15.3 Å². The molecule has 0 fully saturated rings. The van der Waals surface area contributed by atoms with Crippen molar-refractivity contribution in [1.29, 1.82) is 0 Å². The Hall–Kier alpha value is -3.42. The third-order valence-electron chi connectivity index (χ3n) is 4.01. The topological polar surface area (TPSA) is 104 Å². The number of hydrogen-bond donors (Lipinski definition) is 2. The monoisotopic (exact) mass is 337 g/mol. The summed E-state index contributed by atoms with van der Waals surface area (Å²) in [4.78, 5) is 31.1. The standard InChI is InChI=1S/C17H15N5O3/c1-10-13(14-15(23)18-9-19-17(14)25-10)16(24)20-12-7-8-22(21-12)11-5-3-2-4-6-11/h2-6,9H,7-8H2,1H3,(H,18,19,23)(H,20,21,24). The van der Waals surface area contributed by atoms with E-state index in [0.29, 0.717) is 24.6 Å². The highest BCUT2D eigenvalue weighted by molar-refractivity contribution is 6.13. The number of H-pyrrole nitrogens is 1. The molecule has 0 unspecified atom stereocenters. The van der Waals surface area contributed by atoms with Crippen LogP contribution in [0.3, 0.4) is 0 Å². The van der Waals surface area contributed by atoms with E-state index in [1.807, 2.05) is 35.3 Å². The van der Waals surface area contributed by atoms with Gasteiger partial charge in [0.05, 0.1) is 17.6 Å². The van der Waals surface area contributed by atoms with Gasteiger partial charge in [0.15, 0.2) is 0 Å². The van der Waals surface area contributed by atoms with E-state index in [4.69, 9.17) is 4.42 Å². The molecule has 1 amide bonds. The first kappa shape index (κ1) is 15.1. The summed E-state index contributed by atoms with van der Waals surface area (Å²) in [5.74, 6) is 0.460. The lowest BCUT2D eigenvalue weighted by molar-refractivity contribution is 0.0976. The zero-order chi connectivity index (χ0) is 17.4. The van der Waals surface area contributed by atoms with Gasteiger partial charge < -0.3 is 14.7 Å². The Bertz CT molecular complexity index is 1040. The summed E-state index contributed by atoms with van der Waals surface area (Å²) in [5, 5.41) is 9.17. The number of carbonyl (C=O) groups is 1. The molecule has 1 aliphatic rings. The molecule has 0 aliphatic carbocycles. The highest BCUT2D eigenvalue weighted by Gasteiger charge is 2.24. The number of furan rings is 1. The van der Waals surface area contributed by atoms with Gasteiger partial charge in [0.25, 0.3) is 11.5 Å². The van der Waals surface area contributed by atoms with Gasteiger partial charge in [0.1, 0.15) is 17.0 Å². The van der Waals surface area contributed by atoms with Crippen molar-refractivity contribution >= 4 is 28.5 Å². The molecule has 126 valence electrons. The van der Waals surface area contributed by atoms with E-state index in [9.17, 15) is 9.59 Å². The van der Waals surface area contributed by atoms with Gasteiger partial charge in [0.2, 0.25) is 5.71 Å². The van der Waals surface area contributed by atoms with Crippen LogP contribution in [0.2, 0.25) is 0 Å². The summed E-state index contributed by atoms with van der Waals surface area (Å²) in [5.41, 5.74) is 0.875. The Labute approximate surface area is 142 Å². The average molecular weight is 337 g/mol. The molecule has 4 rings (SSSR count). The van der Waals surface area contributed by atoms with Crippen molar-refractivity contribution < 1.29 is 9.21 Å². The van der Waals surface area contributed by atoms with E-state index in [2.05, 4.69) is 20.4 Å². The number of benzene rings is 1. The predicted octanol–water partition coefficient (Wildman–Crippen LogP) is 1.78. The number of hydrogen-bond acceptors (Lipinski definition) is 6. The van der Waals surface area contributed by atoms with Crippen molar-refractivity contribution in [2.75, 3.05) is 11.6 Å². The number of fused-ring (bicyclic) bond motifs is 1. The lowest BCUT2D eigenvalue weighted by Gasteiger charge is -2.12. The second kappa shape index (κ2) is 5.90. The maximum absolute atomic E-state index is 12.6. The molecule has 0 bridgehead atoms. The minimum Gasteiger partial charge on any atom is -0.442 e. The maximum Gasteiger partial charge on any atom is 0.262 e. The number of para-hydroxylation sites is 1. The summed E-state index contributed by atoms with van der Waals surface area (Å²) >= 11 is 0. The molecule has 3 heterocycles. The van der Waals surface area contributed by atoms with Gasteiger partial charge in [-0.15, -0.1) is 0 Å². The number of hydrazone groups is 1. The lowest BCUT2D eigenvalue weighted by Crippen LogP contribution is -2.30. The molecule has 1 aliphatic heterocycles. The van der Waals surface area contributed by atoms with Crippen molar-refractivity contribution in [3.8, 4) is 0 Å². The molecule has 8 heteroatoms. The number of nitrogens with zero attached hydrogens (tertiary/aromatic N) is 3. The Kier molecular flexibility index (Phi) is 3.57. The summed E-state index contributed by atoms with van der Waals surface area (Å²) < 4.78 is 5.41. The summed E-state index contributed by atoms with van der Waals surface area (Å²) in [7, 11) is 0. The van der Waals surface area contributed by atoms with E-state index >= 15 is 0 Å². The molecule has 2 N–H and O–H groups in total. The highest BCUT2D eigenvalue weighted by atomic mass is 16.3. The van der Waals surface area contributed by atoms with Crippen LogP contribution in [-0.4, -0.2) is 28.3 Å². The number of amidine groups is 1. The second-order valence-corrected chi connectivity index (χ2v) is 5.65.